The van der Waals surface area contributed by atoms with Crippen LogP contribution in [0.1, 0.15) is 29.9 Å². The summed E-state index contributed by atoms with van der Waals surface area (Å²) < 4.78 is 5.80. The average molecular weight is 361 g/mol. The van der Waals surface area contributed by atoms with Crippen LogP contribution >= 0.6 is 0 Å². The normalized spacial score (nSPS) is 12.8. The molecule has 27 heavy (non-hydrogen) atoms. The van der Waals surface area contributed by atoms with Gasteiger partial charge in [-0.1, -0.05) is 6.07 Å². The largest absolute Gasteiger partial charge is 0.457 e. The number of nitrogens with zero attached hydrogens (tertiary/aromatic N) is 2. The Bertz CT molecular complexity index is 1010. The van der Waals surface area contributed by atoms with Crippen LogP contribution in [-0.4, -0.2) is 28.1 Å². The Hall–Kier alpha value is -3.43. The van der Waals surface area contributed by atoms with Gasteiger partial charge < -0.3 is 15.2 Å². The third-order valence-corrected chi connectivity index (χ3v) is 4.19. The second-order valence-electron chi connectivity index (χ2n) is 6.29. The lowest BCUT2D eigenvalue weighted by Crippen LogP contribution is -2.40. The van der Waals surface area contributed by atoms with Crippen molar-refractivity contribution in [3.8, 4) is 17.6 Å². The van der Waals surface area contributed by atoms with Crippen molar-refractivity contribution in [3.05, 3.63) is 65.9 Å². The van der Waals surface area contributed by atoms with Crippen LogP contribution in [0.15, 0.2) is 54.6 Å². The van der Waals surface area contributed by atoms with Crippen LogP contribution in [-0.2, 0) is 0 Å². The molecule has 1 aromatic heterocycles. The zero-order chi connectivity index (χ0) is 19.4. The molecular weight excluding hydrogens is 342 g/mol. The number of fused-ring (bicyclic) bond motifs is 1. The predicted octanol–water partition coefficient (Wildman–Crippen LogP) is 3.40. The summed E-state index contributed by atoms with van der Waals surface area (Å²) in [5, 5.41) is 21.9. The molecule has 6 nitrogen and oxygen atoms in total. The van der Waals surface area contributed by atoms with Crippen molar-refractivity contribution in [2.75, 3.05) is 0 Å². The van der Waals surface area contributed by atoms with Gasteiger partial charge in [0, 0.05) is 5.39 Å². The molecule has 136 valence electrons. The Morgan fingerprint density at radius 3 is 2.48 bits per heavy atom. The number of benzene rings is 2. The summed E-state index contributed by atoms with van der Waals surface area (Å²) in [4.78, 5) is 16.6. The first kappa shape index (κ1) is 18.4. The number of carbonyl (C=O) groups is 1. The van der Waals surface area contributed by atoms with E-state index in [1.807, 2.05) is 6.07 Å². The van der Waals surface area contributed by atoms with Crippen molar-refractivity contribution < 1.29 is 14.6 Å². The molecule has 0 aliphatic rings. The molecule has 6 heteroatoms. The summed E-state index contributed by atoms with van der Waals surface area (Å²) >= 11 is 0. The minimum atomic E-state index is -0.642. The summed E-state index contributed by atoms with van der Waals surface area (Å²) in [5.41, 5.74) is 1.52. The molecule has 0 unspecified atom stereocenters. The number of nitriles is 1. The number of rotatable bonds is 5. The number of aliphatic hydroxyl groups excluding tert-OH is 1. The predicted molar refractivity (Wildman–Crippen MR) is 102 cm³/mol. The van der Waals surface area contributed by atoms with Gasteiger partial charge in [0.2, 0.25) is 0 Å². The number of nitrogens with one attached hydrogen (secondary N) is 1. The molecule has 2 N–H and O–H groups in total. The van der Waals surface area contributed by atoms with Gasteiger partial charge in [-0.2, -0.15) is 5.26 Å². The van der Waals surface area contributed by atoms with Gasteiger partial charge in [-0.25, -0.2) is 4.98 Å². The summed E-state index contributed by atoms with van der Waals surface area (Å²) in [6.45, 7) is 3.35. The number of hydrogen-bond acceptors (Lipinski definition) is 5. The van der Waals surface area contributed by atoms with Crippen LogP contribution in [0.4, 0.5) is 0 Å². The second kappa shape index (κ2) is 7.85. The lowest BCUT2D eigenvalue weighted by molar-refractivity contribution is 0.0869. The molecule has 1 amide bonds. The van der Waals surface area contributed by atoms with Crippen LogP contribution in [0.3, 0.4) is 0 Å². The van der Waals surface area contributed by atoms with Crippen LogP contribution in [0.2, 0.25) is 0 Å². The fourth-order valence-corrected chi connectivity index (χ4v) is 2.43. The van der Waals surface area contributed by atoms with Gasteiger partial charge in [-0.05, 0) is 62.4 Å². The van der Waals surface area contributed by atoms with Crippen LogP contribution in [0.5, 0.6) is 11.5 Å². The maximum Gasteiger partial charge on any atom is 0.270 e. The van der Waals surface area contributed by atoms with Gasteiger partial charge in [0.1, 0.15) is 17.2 Å². The minimum Gasteiger partial charge on any atom is -0.457 e. The van der Waals surface area contributed by atoms with E-state index in [0.29, 0.717) is 22.6 Å². The standard InChI is InChI=1S/C21H19N3O3/c1-13(14(2)25)23-21(26)20-9-5-16-11-18(8-10-19(16)24-20)27-17-6-3-15(12-22)4-7-17/h3-11,13-14,25H,1-2H3,(H,23,26)/t13-,14-/m1/s1. The van der Waals surface area contributed by atoms with E-state index in [1.54, 1.807) is 62.4 Å². The molecule has 0 aliphatic carbocycles. The SMILES string of the molecule is C[C@@H](O)[C@@H](C)NC(=O)c1ccc2cc(Oc3ccc(C#N)cc3)ccc2n1. The van der Waals surface area contributed by atoms with E-state index >= 15 is 0 Å². The quantitative estimate of drug-likeness (QED) is 0.726. The van der Waals surface area contributed by atoms with Crippen LogP contribution in [0, 0.1) is 11.3 Å². The van der Waals surface area contributed by atoms with Crippen molar-refractivity contribution in [2.24, 2.45) is 0 Å². The molecule has 0 spiro atoms. The Labute approximate surface area is 157 Å². The third kappa shape index (κ3) is 4.40. The molecule has 0 saturated carbocycles. The fourth-order valence-electron chi connectivity index (χ4n) is 2.43. The highest BCUT2D eigenvalue weighted by Crippen LogP contribution is 2.25. The van der Waals surface area contributed by atoms with E-state index in [1.165, 1.54) is 0 Å². The van der Waals surface area contributed by atoms with Gasteiger partial charge in [0.25, 0.3) is 5.91 Å². The van der Waals surface area contributed by atoms with Gasteiger partial charge in [0.05, 0.1) is 29.3 Å². The van der Waals surface area contributed by atoms with E-state index in [0.717, 1.165) is 5.39 Å². The summed E-state index contributed by atoms with van der Waals surface area (Å²) in [7, 11) is 0. The first-order valence-corrected chi connectivity index (χ1v) is 8.54. The van der Waals surface area contributed by atoms with Crippen molar-refractivity contribution >= 4 is 16.8 Å². The molecule has 3 aromatic rings. The summed E-state index contributed by atoms with van der Waals surface area (Å²) in [5.74, 6) is 0.932. The number of ether oxygens (including phenoxy) is 1. The molecule has 0 bridgehead atoms. The molecule has 2 aromatic carbocycles. The van der Waals surface area contributed by atoms with Gasteiger partial charge in [0.15, 0.2) is 0 Å². The maximum absolute atomic E-state index is 12.2. The number of pyridine rings is 1. The molecule has 0 fully saturated rings. The van der Waals surface area contributed by atoms with Crippen molar-refractivity contribution in [2.45, 2.75) is 26.0 Å². The molecule has 2 atom stereocenters. The van der Waals surface area contributed by atoms with Crippen molar-refractivity contribution in [1.82, 2.24) is 10.3 Å². The highest BCUT2D eigenvalue weighted by atomic mass is 16.5. The number of aliphatic hydroxyl groups is 1. The zero-order valence-corrected chi connectivity index (χ0v) is 15.0. The van der Waals surface area contributed by atoms with E-state index in [2.05, 4.69) is 16.4 Å². The highest BCUT2D eigenvalue weighted by molar-refractivity contribution is 5.95. The molecule has 0 radical (unpaired) electrons. The molecule has 0 aliphatic heterocycles. The van der Waals surface area contributed by atoms with Crippen LogP contribution in [0.25, 0.3) is 10.9 Å². The topological polar surface area (TPSA) is 95.2 Å². The van der Waals surface area contributed by atoms with Crippen molar-refractivity contribution in [1.29, 1.82) is 5.26 Å². The number of amides is 1. The smallest absolute Gasteiger partial charge is 0.270 e. The van der Waals surface area contributed by atoms with Crippen molar-refractivity contribution in [3.63, 3.8) is 0 Å². The second-order valence-corrected chi connectivity index (χ2v) is 6.29. The fraction of sp³-hybridized carbons (Fsp3) is 0.190. The van der Waals surface area contributed by atoms with Gasteiger partial charge >= 0.3 is 0 Å². The molecule has 0 saturated heterocycles. The Balaban J connectivity index is 1.78. The Morgan fingerprint density at radius 2 is 1.81 bits per heavy atom. The lowest BCUT2D eigenvalue weighted by atomic mass is 10.1. The third-order valence-electron chi connectivity index (χ3n) is 4.19. The van der Waals surface area contributed by atoms with Crippen LogP contribution < -0.4 is 10.1 Å². The minimum absolute atomic E-state index is 0.288. The van der Waals surface area contributed by atoms with Gasteiger partial charge in [-0.15, -0.1) is 0 Å². The zero-order valence-electron chi connectivity index (χ0n) is 15.0. The summed E-state index contributed by atoms with van der Waals surface area (Å²) in [6.07, 6.45) is -0.642. The molecular formula is C21H19N3O3. The Kier molecular flexibility index (Phi) is 5.34. The van der Waals surface area contributed by atoms with E-state index in [4.69, 9.17) is 10.00 Å². The average Bonchev–Trinajstić information content (AvgIpc) is 2.68. The summed E-state index contributed by atoms with van der Waals surface area (Å²) in [6, 6.07) is 17.4. The highest BCUT2D eigenvalue weighted by Gasteiger charge is 2.15. The van der Waals surface area contributed by atoms with E-state index < -0.39 is 6.10 Å². The number of hydrogen-bond donors (Lipinski definition) is 2. The lowest BCUT2D eigenvalue weighted by Gasteiger charge is -2.16. The molecule has 3 rings (SSSR count). The first-order valence-electron chi connectivity index (χ1n) is 8.54. The maximum atomic E-state index is 12.2. The van der Waals surface area contributed by atoms with E-state index in [9.17, 15) is 9.90 Å². The number of aromatic nitrogens is 1. The van der Waals surface area contributed by atoms with Gasteiger partial charge in [-0.3, -0.25) is 4.79 Å². The van der Waals surface area contributed by atoms with E-state index in [-0.39, 0.29) is 17.6 Å². The monoisotopic (exact) mass is 361 g/mol. The Morgan fingerprint density at radius 1 is 1.11 bits per heavy atom. The first-order chi connectivity index (χ1) is 13.0. The molecule has 1 heterocycles. The number of carbonyl (C=O) groups excluding carboxylic acids is 1.